The standard InChI is InChI=1S/C41H48N6O6/c1-5-52-40(51)47-25-23-46(24-26-47)39(50)32(21-22-36(48)53-41(2,3)4)44-38(49)34-28-35(45-37(43-34)31-19-13-8-14-20-31)42-33(30-17-11-7-12-18-30)27-29-15-9-6-10-16-29/h6-20,28,32-33H,5,21-27H2,1-4H3,(H,44,49)(H,42,43,45)/t32-,33?/m0/s1. The number of aromatic nitrogens is 2. The van der Waals surface area contributed by atoms with Crippen molar-refractivity contribution in [1.82, 2.24) is 25.1 Å². The van der Waals surface area contributed by atoms with Gasteiger partial charge in [0, 0.05) is 44.2 Å². The fraction of sp³-hybridized carbons (Fsp3) is 0.366. The molecule has 5 rings (SSSR count). The summed E-state index contributed by atoms with van der Waals surface area (Å²) in [6, 6.07) is 29.8. The van der Waals surface area contributed by atoms with E-state index in [0.717, 1.165) is 11.1 Å². The summed E-state index contributed by atoms with van der Waals surface area (Å²) in [4.78, 5) is 65.7. The molecule has 0 bridgehead atoms. The predicted molar refractivity (Wildman–Crippen MR) is 202 cm³/mol. The number of amides is 3. The number of anilines is 1. The van der Waals surface area contributed by atoms with Crippen molar-refractivity contribution >= 4 is 29.7 Å². The third-order valence-corrected chi connectivity index (χ3v) is 8.58. The zero-order valence-electron chi connectivity index (χ0n) is 30.8. The number of rotatable bonds is 13. The van der Waals surface area contributed by atoms with Crippen LogP contribution < -0.4 is 10.6 Å². The van der Waals surface area contributed by atoms with E-state index in [1.807, 2.05) is 78.9 Å². The minimum atomic E-state index is -1.06. The summed E-state index contributed by atoms with van der Waals surface area (Å²) in [5, 5.41) is 6.42. The van der Waals surface area contributed by atoms with Gasteiger partial charge in [0.1, 0.15) is 23.2 Å². The van der Waals surface area contributed by atoms with Crippen LogP contribution in [0.5, 0.6) is 0 Å². The largest absolute Gasteiger partial charge is 0.460 e. The first-order chi connectivity index (χ1) is 25.5. The molecule has 278 valence electrons. The molecule has 1 aromatic heterocycles. The van der Waals surface area contributed by atoms with E-state index in [2.05, 4.69) is 27.8 Å². The Balaban J connectivity index is 1.42. The SMILES string of the molecule is CCOC(=O)N1CCN(C(=O)[C@H](CCC(=O)OC(C)(C)C)NC(=O)c2cc(NC(Cc3ccccc3)c3ccccc3)nc(-c3ccccc3)n2)CC1. The van der Waals surface area contributed by atoms with E-state index in [9.17, 15) is 19.2 Å². The number of hydrogen-bond donors (Lipinski definition) is 2. The second-order valence-electron chi connectivity index (χ2n) is 13.8. The molecule has 4 aromatic rings. The molecule has 12 nitrogen and oxygen atoms in total. The van der Waals surface area contributed by atoms with Gasteiger partial charge in [0.25, 0.3) is 5.91 Å². The van der Waals surface area contributed by atoms with Crippen LogP contribution in [0.15, 0.2) is 97.1 Å². The second kappa shape index (κ2) is 18.1. The van der Waals surface area contributed by atoms with Gasteiger partial charge in [0.15, 0.2) is 5.82 Å². The van der Waals surface area contributed by atoms with Crippen LogP contribution in [0.3, 0.4) is 0 Å². The molecule has 1 saturated heterocycles. The van der Waals surface area contributed by atoms with Crippen LogP contribution in [0.2, 0.25) is 0 Å². The summed E-state index contributed by atoms with van der Waals surface area (Å²) in [5.74, 6) is -0.686. The van der Waals surface area contributed by atoms with Crippen molar-refractivity contribution in [2.45, 2.75) is 64.6 Å². The molecule has 2 N–H and O–H groups in total. The van der Waals surface area contributed by atoms with Crippen molar-refractivity contribution in [3.05, 3.63) is 114 Å². The lowest BCUT2D eigenvalue weighted by Gasteiger charge is -2.36. The average molecular weight is 721 g/mol. The maximum absolute atomic E-state index is 14.1. The average Bonchev–Trinajstić information content (AvgIpc) is 3.16. The van der Waals surface area contributed by atoms with Crippen molar-refractivity contribution in [2.75, 3.05) is 38.1 Å². The fourth-order valence-electron chi connectivity index (χ4n) is 6.01. The van der Waals surface area contributed by atoms with Crippen molar-refractivity contribution < 1.29 is 28.7 Å². The smallest absolute Gasteiger partial charge is 0.409 e. The number of benzene rings is 3. The van der Waals surface area contributed by atoms with E-state index in [1.54, 1.807) is 43.6 Å². The zero-order valence-corrected chi connectivity index (χ0v) is 30.8. The zero-order chi connectivity index (χ0) is 37.8. The maximum Gasteiger partial charge on any atom is 0.409 e. The Morgan fingerprint density at radius 2 is 1.42 bits per heavy atom. The quantitative estimate of drug-likeness (QED) is 0.158. The Morgan fingerprint density at radius 3 is 2.04 bits per heavy atom. The molecule has 0 aliphatic carbocycles. The lowest BCUT2D eigenvalue weighted by molar-refractivity contribution is -0.155. The fourth-order valence-corrected chi connectivity index (χ4v) is 6.01. The number of hydrogen-bond acceptors (Lipinski definition) is 9. The van der Waals surface area contributed by atoms with E-state index in [-0.39, 0.29) is 63.3 Å². The number of nitrogens with one attached hydrogen (secondary N) is 2. The molecule has 1 aliphatic heterocycles. The molecule has 0 saturated carbocycles. The molecule has 0 radical (unpaired) electrons. The number of esters is 1. The van der Waals surface area contributed by atoms with E-state index in [4.69, 9.17) is 14.5 Å². The molecule has 3 amide bonds. The Kier molecular flexibility index (Phi) is 13.1. The lowest BCUT2D eigenvalue weighted by Crippen LogP contribution is -2.56. The van der Waals surface area contributed by atoms with Crippen LogP contribution in [0.1, 0.15) is 68.2 Å². The summed E-state index contributed by atoms with van der Waals surface area (Å²) in [6.45, 7) is 8.36. The second-order valence-corrected chi connectivity index (χ2v) is 13.8. The molecule has 2 heterocycles. The number of carbonyl (C=O) groups is 4. The summed E-state index contributed by atoms with van der Waals surface area (Å²) in [6.07, 6.45) is 0.129. The highest BCUT2D eigenvalue weighted by molar-refractivity contribution is 5.97. The van der Waals surface area contributed by atoms with Crippen LogP contribution in [-0.4, -0.2) is 88.1 Å². The molecular weight excluding hydrogens is 672 g/mol. The minimum Gasteiger partial charge on any atom is -0.460 e. The molecule has 1 fully saturated rings. The Labute approximate surface area is 310 Å². The maximum atomic E-state index is 14.1. The van der Waals surface area contributed by atoms with Gasteiger partial charge in [-0.1, -0.05) is 91.0 Å². The Morgan fingerprint density at radius 1 is 0.811 bits per heavy atom. The highest BCUT2D eigenvalue weighted by atomic mass is 16.6. The normalized spacial score (nSPS) is 14.1. The van der Waals surface area contributed by atoms with Crippen LogP contribution in [0, 0.1) is 0 Å². The van der Waals surface area contributed by atoms with Crippen molar-refractivity contribution in [2.24, 2.45) is 0 Å². The van der Waals surface area contributed by atoms with E-state index < -0.39 is 29.6 Å². The molecule has 1 unspecified atom stereocenters. The van der Waals surface area contributed by atoms with Gasteiger partial charge in [-0.3, -0.25) is 14.4 Å². The number of carbonyl (C=O) groups excluding carboxylic acids is 4. The molecule has 2 atom stereocenters. The van der Waals surface area contributed by atoms with Gasteiger partial charge in [-0.15, -0.1) is 0 Å². The monoisotopic (exact) mass is 720 g/mol. The van der Waals surface area contributed by atoms with Gasteiger partial charge >= 0.3 is 12.1 Å². The molecule has 1 aliphatic rings. The first-order valence-corrected chi connectivity index (χ1v) is 18.0. The number of nitrogens with zero attached hydrogens (tertiary/aromatic N) is 4. The van der Waals surface area contributed by atoms with Crippen molar-refractivity contribution in [3.8, 4) is 11.4 Å². The van der Waals surface area contributed by atoms with Gasteiger partial charge in [-0.05, 0) is 51.7 Å². The lowest BCUT2D eigenvalue weighted by atomic mass is 9.99. The summed E-state index contributed by atoms with van der Waals surface area (Å²) < 4.78 is 10.6. The molecule has 53 heavy (non-hydrogen) atoms. The van der Waals surface area contributed by atoms with Crippen LogP contribution >= 0.6 is 0 Å². The Bertz CT molecular complexity index is 1830. The number of piperazine rings is 1. The minimum absolute atomic E-state index is 0.00642. The molecule has 12 heteroatoms. The molecular formula is C41H48N6O6. The first kappa shape index (κ1) is 38.5. The first-order valence-electron chi connectivity index (χ1n) is 18.0. The summed E-state index contributed by atoms with van der Waals surface area (Å²) >= 11 is 0. The van der Waals surface area contributed by atoms with Gasteiger partial charge in [0.05, 0.1) is 12.6 Å². The van der Waals surface area contributed by atoms with Gasteiger partial charge in [-0.25, -0.2) is 14.8 Å². The van der Waals surface area contributed by atoms with Crippen molar-refractivity contribution in [1.29, 1.82) is 0 Å². The third-order valence-electron chi connectivity index (χ3n) is 8.58. The van der Waals surface area contributed by atoms with E-state index in [0.29, 0.717) is 23.6 Å². The van der Waals surface area contributed by atoms with E-state index >= 15 is 0 Å². The van der Waals surface area contributed by atoms with Gasteiger partial charge in [-0.2, -0.15) is 0 Å². The van der Waals surface area contributed by atoms with Crippen LogP contribution in [-0.2, 0) is 25.5 Å². The molecule has 0 spiro atoms. The summed E-state index contributed by atoms with van der Waals surface area (Å²) in [5.41, 5.74) is 2.22. The molecule has 3 aromatic carbocycles. The third kappa shape index (κ3) is 11.4. The Hall–Kier alpha value is -5.78. The predicted octanol–water partition coefficient (Wildman–Crippen LogP) is 6.06. The highest BCUT2D eigenvalue weighted by Crippen LogP contribution is 2.26. The van der Waals surface area contributed by atoms with Crippen LogP contribution in [0.25, 0.3) is 11.4 Å². The number of ether oxygens (including phenoxy) is 2. The van der Waals surface area contributed by atoms with Crippen molar-refractivity contribution in [3.63, 3.8) is 0 Å². The van der Waals surface area contributed by atoms with Gasteiger partial charge < -0.3 is 29.9 Å². The topological polar surface area (TPSA) is 143 Å². The van der Waals surface area contributed by atoms with Gasteiger partial charge in [0.2, 0.25) is 5.91 Å². The van der Waals surface area contributed by atoms with E-state index in [1.165, 1.54) is 0 Å². The summed E-state index contributed by atoms with van der Waals surface area (Å²) in [7, 11) is 0. The highest BCUT2D eigenvalue weighted by Gasteiger charge is 2.32. The van der Waals surface area contributed by atoms with Crippen LogP contribution in [0.4, 0.5) is 10.6 Å².